The molecule has 0 fully saturated rings. The summed E-state index contributed by atoms with van der Waals surface area (Å²) in [6.45, 7) is 5.16. The molecule has 0 bridgehead atoms. The molecule has 0 aliphatic heterocycles. The molecule has 3 N–H and O–H groups in total. The Bertz CT molecular complexity index is 410. The van der Waals surface area contributed by atoms with Crippen LogP contribution >= 0.6 is 11.6 Å². The van der Waals surface area contributed by atoms with Crippen molar-refractivity contribution in [2.24, 2.45) is 0 Å². The number of hydrogen-bond acceptors (Lipinski definition) is 4. The van der Waals surface area contributed by atoms with Crippen LogP contribution in [0.25, 0.3) is 0 Å². The number of nitrogens with two attached hydrogens (primary N) is 1. The first-order chi connectivity index (χ1) is 8.54. The van der Waals surface area contributed by atoms with Crippen LogP contribution in [-0.2, 0) is 4.74 Å². The van der Waals surface area contributed by atoms with E-state index in [2.05, 4.69) is 19.2 Å². The molecule has 0 aromatic heterocycles. The van der Waals surface area contributed by atoms with Crippen molar-refractivity contribution in [1.82, 2.24) is 5.32 Å². The maximum atomic E-state index is 11.7. The van der Waals surface area contributed by atoms with E-state index >= 15 is 0 Å². The van der Waals surface area contributed by atoms with Crippen LogP contribution in [0.5, 0.6) is 0 Å². The fourth-order valence-electron chi connectivity index (χ4n) is 1.33. The molecule has 1 unspecified atom stereocenters. The van der Waals surface area contributed by atoms with E-state index in [1.807, 2.05) is 0 Å². The van der Waals surface area contributed by atoms with Crippen LogP contribution in [0.4, 0.5) is 5.69 Å². The number of carbonyl (C=O) groups excluding carboxylic acids is 1. The zero-order valence-electron chi connectivity index (χ0n) is 10.7. The van der Waals surface area contributed by atoms with Crippen LogP contribution in [0, 0.1) is 0 Å². The molecular formula is C13H19ClN2O2. The fraction of sp³-hybridized carbons (Fsp3) is 0.462. The van der Waals surface area contributed by atoms with Crippen molar-refractivity contribution in [3.05, 3.63) is 28.8 Å². The number of anilines is 1. The van der Waals surface area contributed by atoms with E-state index in [4.69, 9.17) is 22.1 Å². The van der Waals surface area contributed by atoms with Gasteiger partial charge in [0.1, 0.15) is 6.61 Å². The van der Waals surface area contributed by atoms with Gasteiger partial charge in [-0.05, 0) is 31.5 Å². The summed E-state index contributed by atoms with van der Waals surface area (Å²) in [5, 5.41) is 3.60. The van der Waals surface area contributed by atoms with Crippen molar-refractivity contribution in [3.8, 4) is 0 Å². The molecule has 1 rings (SSSR count). The van der Waals surface area contributed by atoms with E-state index in [9.17, 15) is 4.79 Å². The molecule has 0 spiro atoms. The van der Waals surface area contributed by atoms with Crippen molar-refractivity contribution in [3.63, 3.8) is 0 Å². The van der Waals surface area contributed by atoms with Crippen molar-refractivity contribution in [2.75, 3.05) is 18.9 Å². The maximum absolute atomic E-state index is 11.7. The lowest BCUT2D eigenvalue weighted by Crippen LogP contribution is -2.29. The van der Waals surface area contributed by atoms with Crippen molar-refractivity contribution < 1.29 is 9.53 Å². The number of rotatable bonds is 6. The van der Waals surface area contributed by atoms with Crippen LogP contribution < -0.4 is 11.1 Å². The lowest BCUT2D eigenvalue weighted by Gasteiger charge is -2.11. The van der Waals surface area contributed by atoms with E-state index in [1.165, 1.54) is 6.07 Å². The molecule has 0 amide bonds. The highest BCUT2D eigenvalue weighted by molar-refractivity contribution is 6.33. The largest absolute Gasteiger partial charge is 0.461 e. The second-order valence-electron chi connectivity index (χ2n) is 4.14. The van der Waals surface area contributed by atoms with Gasteiger partial charge in [0, 0.05) is 12.6 Å². The molecule has 0 radical (unpaired) electrons. The lowest BCUT2D eigenvalue weighted by molar-refractivity contribution is 0.0506. The molecule has 0 heterocycles. The fourth-order valence-corrected chi connectivity index (χ4v) is 1.51. The second-order valence-corrected chi connectivity index (χ2v) is 4.54. The third-order valence-electron chi connectivity index (χ3n) is 2.68. The van der Waals surface area contributed by atoms with Crippen molar-refractivity contribution >= 4 is 23.3 Å². The van der Waals surface area contributed by atoms with Crippen LogP contribution in [0.1, 0.15) is 30.6 Å². The molecule has 100 valence electrons. The van der Waals surface area contributed by atoms with Gasteiger partial charge in [-0.1, -0.05) is 18.5 Å². The SMILES string of the molecule is CCC(C)NCCOC(=O)c1ccc(N)c(Cl)c1. The molecular weight excluding hydrogens is 252 g/mol. The van der Waals surface area contributed by atoms with E-state index in [0.717, 1.165) is 6.42 Å². The summed E-state index contributed by atoms with van der Waals surface area (Å²) in [4.78, 5) is 11.7. The van der Waals surface area contributed by atoms with Gasteiger partial charge in [0.15, 0.2) is 0 Å². The smallest absolute Gasteiger partial charge is 0.338 e. The quantitative estimate of drug-likeness (QED) is 0.473. The van der Waals surface area contributed by atoms with Gasteiger partial charge in [-0.25, -0.2) is 4.79 Å². The number of ether oxygens (including phenoxy) is 1. The third-order valence-corrected chi connectivity index (χ3v) is 3.00. The second kappa shape index (κ2) is 7.24. The molecule has 0 aliphatic rings. The van der Waals surface area contributed by atoms with E-state index in [-0.39, 0.29) is 5.97 Å². The molecule has 1 atom stereocenters. The minimum absolute atomic E-state index is 0.338. The zero-order chi connectivity index (χ0) is 13.5. The van der Waals surface area contributed by atoms with Gasteiger partial charge >= 0.3 is 5.97 Å². The Balaban J connectivity index is 2.39. The van der Waals surface area contributed by atoms with Crippen LogP contribution in [-0.4, -0.2) is 25.2 Å². The number of benzene rings is 1. The summed E-state index contributed by atoms with van der Waals surface area (Å²) >= 11 is 5.83. The highest BCUT2D eigenvalue weighted by atomic mass is 35.5. The molecule has 0 saturated heterocycles. The number of nitrogen functional groups attached to an aromatic ring is 1. The van der Waals surface area contributed by atoms with Gasteiger partial charge in [-0.2, -0.15) is 0 Å². The maximum Gasteiger partial charge on any atom is 0.338 e. The first kappa shape index (κ1) is 14.8. The Morgan fingerprint density at radius 1 is 1.56 bits per heavy atom. The van der Waals surface area contributed by atoms with Crippen LogP contribution in [0.3, 0.4) is 0 Å². The summed E-state index contributed by atoms with van der Waals surface area (Å²) < 4.78 is 5.12. The van der Waals surface area contributed by atoms with E-state index in [1.54, 1.807) is 12.1 Å². The Hall–Kier alpha value is -1.26. The predicted molar refractivity (Wildman–Crippen MR) is 73.9 cm³/mol. The Morgan fingerprint density at radius 3 is 2.89 bits per heavy atom. The third kappa shape index (κ3) is 4.55. The molecule has 4 nitrogen and oxygen atoms in total. The highest BCUT2D eigenvalue weighted by Gasteiger charge is 2.08. The first-order valence-electron chi connectivity index (χ1n) is 6.00. The minimum atomic E-state index is -0.386. The average Bonchev–Trinajstić information content (AvgIpc) is 2.37. The van der Waals surface area contributed by atoms with Gasteiger partial charge in [0.25, 0.3) is 0 Å². The first-order valence-corrected chi connectivity index (χ1v) is 6.38. The number of nitrogens with one attached hydrogen (secondary N) is 1. The van der Waals surface area contributed by atoms with Gasteiger partial charge in [-0.3, -0.25) is 0 Å². The normalized spacial score (nSPS) is 12.2. The highest BCUT2D eigenvalue weighted by Crippen LogP contribution is 2.19. The van der Waals surface area contributed by atoms with Crippen LogP contribution in [0.15, 0.2) is 18.2 Å². The number of halogens is 1. The molecule has 1 aromatic rings. The molecule has 0 aliphatic carbocycles. The Kier molecular flexibility index (Phi) is 5.95. The van der Waals surface area contributed by atoms with E-state index < -0.39 is 0 Å². The standard InChI is InChI=1S/C13H19ClN2O2/c1-3-9(2)16-6-7-18-13(17)10-4-5-12(15)11(14)8-10/h4-5,8-9,16H,3,6-7,15H2,1-2H3. The Labute approximate surface area is 112 Å². The van der Waals surface area contributed by atoms with Gasteiger partial charge < -0.3 is 15.8 Å². The van der Waals surface area contributed by atoms with Crippen molar-refractivity contribution in [1.29, 1.82) is 0 Å². The summed E-state index contributed by atoms with van der Waals surface area (Å²) in [6, 6.07) is 5.14. The van der Waals surface area contributed by atoms with E-state index in [0.29, 0.717) is 35.5 Å². The topological polar surface area (TPSA) is 64.3 Å². The molecule has 0 saturated carbocycles. The van der Waals surface area contributed by atoms with Gasteiger partial charge in [0.2, 0.25) is 0 Å². The molecule has 5 heteroatoms. The summed E-state index contributed by atoms with van der Waals surface area (Å²) in [7, 11) is 0. The average molecular weight is 271 g/mol. The molecule has 1 aromatic carbocycles. The Morgan fingerprint density at radius 2 is 2.28 bits per heavy atom. The zero-order valence-corrected chi connectivity index (χ0v) is 11.5. The van der Waals surface area contributed by atoms with Crippen molar-refractivity contribution in [2.45, 2.75) is 26.3 Å². The predicted octanol–water partition coefficient (Wildman–Crippen LogP) is 2.47. The summed E-state index contributed by atoms with van der Waals surface area (Å²) in [6.07, 6.45) is 1.04. The monoisotopic (exact) mass is 270 g/mol. The molecule has 18 heavy (non-hydrogen) atoms. The summed E-state index contributed by atoms with van der Waals surface area (Å²) in [5.41, 5.74) is 6.43. The summed E-state index contributed by atoms with van der Waals surface area (Å²) in [5.74, 6) is -0.386. The lowest BCUT2D eigenvalue weighted by atomic mass is 10.2. The van der Waals surface area contributed by atoms with Gasteiger partial charge in [-0.15, -0.1) is 0 Å². The number of carbonyl (C=O) groups is 1. The number of hydrogen-bond donors (Lipinski definition) is 2. The minimum Gasteiger partial charge on any atom is -0.461 e. The van der Waals surface area contributed by atoms with Gasteiger partial charge in [0.05, 0.1) is 16.3 Å². The van der Waals surface area contributed by atoms with Crippen LogP contribution in [0.2, 0.25) is 5.02 Å². The number of esters is 1.